The van der Waals surface area contributed by atoms with Crippen LogP contribution in [0.15, 0.2) is 40.5 Å². The van der Waals surface area contributed by atoms with Gasteiger partial charge in [-0.1, -0.05) is 44.2 Å². The Morgan fingerprint density at radius 1 is 1.24 bits per heavy atom. The third-order valence-electron chi connectivity index (χ3n) is 4.32. The third kappa shape index (κ3) is 2.76. The van der Waals surface area contributed by atoms with Crippen molar-refractivity contribution >= 4 is 27.5 Å². The molecule has 0 unspecified atom stereocenters. The van der Waals surface area contributed by atoms with Crippen LogP contribution in [0.1, 0.15) is 39.4 Å². The van der Waals surface area contributed by atoms with E-state index in [9.17, 15) is 14.7 Å². The summed E-state index contributed by atoms with van der Waals surface area (Å²) < 4.78 is 1.33. The second-order valence-corrected chi connectivity index (χ2v) is 7.68. The SMILES string of the molecule is CC(C)c1nc2scc(-c3ccccc3)c2c(=O)n1C(C)(C)C(=O)O. The summed E-state index contributed by atoms with van der Waals surface area (Å²) in [6.07, 6.45) is 0. The number of aliphatic carboxylic acids is 1. The molecule has 0 saturated carbocycles. The molecule has 0 saturated heterocycles. The quantitative estimate of drug-likeness (QED) is 0.765. The number of thiophene rings is 1. The molecule has 2 aromatic heterocycles. The van der Waals surface area contributed by atoms with E-state index in [1.807, 2.05) is 49.6 Å². The summed E-state index contributed by atoms with van der Waals surface area (Å²) in [6, 6.07) is 9.61. The molecule has 1 aromatic carbocycles. The Bertz CT molecular complexity index is 1000. The van der Waals surface area contributed by atoms with E-state index in [0.29, 0.717) is 16.0 Å². The highest BCUT2D eigenvalue weighted by Crippen LogP contribution is 2.32. The van der Waals surface area contributed by atoms with Gasteiger partial charge in [0.1, 0.15) is 16.2 Å². The van der Waals surface area contributed by atoms with E-state index in [-0.39, 0.29) is 11.5 Å². The van der Waals surface area contributed by atoms with Gasteiger partial charge >= 0.3 is 5.97 Å². The molecule has 0 fully saturated rings. The van der Waals surface area contributed by atoms with E-state index < -0.39 is 11.5 Å². The first-order chi connectivity index (χ1) is 11.7. The highest BCUT2D eigenvalue weighted by Gasteiger charge is 2.35. The summed E-state index contributed by atoms with van der Waals surface area (Å²) in [7, 11) is 0. The average molecular weight is 356 g/mol. The number of carbonyl (C=O) groups is 1. The summed E-state index contributed by atoms with van der Waals surface area (Å²) in [5.74, 6) is -0.640. The minimum Gasteiger partial charge on any atom is -0.480 e. The van der Waals surface area contributed by atoms with Gasteiger partial charge in [-0.15, -0.1) is 11.3 Å². The van der Waals surface area contributed by atoms with Crippen LogP contribution in [0, 0.1) is 0 Å². The lowest BCUT2D eigenvalue weighted by Gasteiger charge is -2.27. The van der Waals surface area contributed by atoms with Crippen LogP contribution in [-0.4, -0.2) is 20.6 Å². The van der Waals surface area contributed by atoms with Crippen molar-refractivity contribution in [2.45, 2.75) is 39.2 Å². The molecule has 0 amide bonds. The number of hydrogen-bond donors (Lipinski definition) is 1. The smallest absolute Gasteiger partial charge is 0.329 e. The maximum atomic E-state index is 13.3. The van der Waals surface area contributed by atoms with Crippen LogP contribution >= 0.6 is 11.3 Å². The lowest BCUT2D eigenvalue weighted by Crippen LogP contribution is -2.45. The van der Waals surface area contributed by atoms with Crippen LogP contribution in [0.25, 0.3) is 21.3 Å². The summed E-state index contributed by atoms with van der Waals surface area (Å²) in [5.41, 5.74) is 0.0301. The van der Waals surface area contributed by atoms with E-state index in [2.05, 4.69) is 4.98 Å². The molecule has 25 heavy (non-hydrogen) atoms. The van der Waals surface area contributed by atoms with Crippen molar-refractivity contribution in [2.75, 3.05) is 0 Å². The summed E-state index contributed by atoms with van der Waals surface area (Å²) in [4.78, 5) is 30.4. The van der Waals surface area contributed by atoms with Gasteiger partial charge in [0, 0.05) is 16.9 Å². The van der Waals surface area contributed by atoms with Crippen LogP contribution in [0.5, 0.6) is 0 Å². The molecule has 0 atom stereocenters. The number of fused-ring (bicyclic) bond motifs is 1. The molecule has 2 heterocycles. The Balaban J connectivity index is 2.42. The van der Waals surface area contributed by atoms with Crippen molar-refractivity contribution in [1.82, 2.24) is 9.55 Å². The molecule has 3 aromatic rings. The second-order valence-electron chi connectivity index (χ2n) is 6.82. The van der Waals surface area contributed by atoms with Gasteiger partial charge in [-0.05, 0) is 19.4 Å². The number of carboxylic acid groups (broad SMARTS) is 1. The molecule has 5 nitrogen and oxygen atoms in total. The van der Waals surface area contributed by atoms with Crippen LogP contribution in [0.3, 0.4) is 0 Å². The average Bonchev–Trinajstić information content (AvgIpc) is 2.99. The molecular formula is C19H20N2O3S. The van der Waals surface area contributed by atoms with Crippen molar-refractivity contribution in [3.63, 3.8) is 0 Å². The van der Waals surface area contributed by atoms with Crippen molar-refractivity contribution in [3.8, 4) is 11.1 Å². The minimum atomic E-state index is -1.38. The van der Waals surface area contributed by atoms with Crippen molar-refractivity contribution in [3.05, 3.63) is 51.9 Å². The monoisotopic (exact) mass is 356 g/mol. The van der Waals surface area contributed by atoms with Gasteiger partial charge in [0.2, 0.25) is 0 Å². The molecule has 0 aliphatic carbocycles. The fourth-order valence-corrected chi connectivity index (χ4v) is 3.80. The Hall–Kier alpha value is -2.47. The van der Waals surface area contributed by atoms with E-state index >= 15 is 0 Å². The van der Waals surface area contributed by atoms with Gasteiger partial charge in [-0.3, -0.25) is 9.36 Å². The van der Waals surface area contributed by atoms with Crippen LogP contribution in [-0.2, 0) is 10.3 Å². The van der Waals surface area contributed by atoms with Crippen molar-refractivity contribution in [1.29, 1.82) is 0 Å². The molecule has 0 bridgehead atoms. The summed E-state index contributed by atoms with van der Waals surface area (Å²) >= 11 is 1.41. The first kappa shape index (κ1) is 17.4. The number of hydrogen-bond acceptors (Lipinski definition) is 4. The highest BCUT2D eigenvalue weighted by atomic mass is 32.1. The van der Waals surface area contributed by atoms with Crippen molar-refractivity contribution in [2.24, 2.45) is 0 Å². The Kier molecular flexibility index (Phi) is 4.24. The Labute approximate surface area is 149 Å². The predicted molar refractivity (Wildman–Crippen MR) is 100 cm³/mol. The standard InChI is InChI=1S/C19H20N2O3S/c1-11(2)15-20-16-14(17(22)21(15)19(3,4)18(23)24)13(10-25-16)12-8-6-5-7-9-12/h5-11H,1-4H3,(H,23,24). The number of rotatable bonds is 4. The zero-order valence-electron chi connectivity index (χ0n) is 14.6. The minimum absolute atomic E-state index is 0.0713. The molecule has 0 spiro atoms. The molecule has 0 aliphatic rings. The maximum absolute atomic E-state index is 13.3. The maximum Gasteiger partial charge on any atom is 0.329 e. The van der Waals surface area contributed by atoms with Gasteiger partial charge < -0.3 is 5.11 Å². The molecule has 130 valence electrons. The van der Waals surface area contributed by atoms with Gasteiger partial charge in [0.05, 0.1) is 5.39 Å². The van der Waals surface area contributed by atoms with E-state index in [1.165, 1.54) is 29.8 Å². The van der Waals surface area contributed by atoms with E-state index in [1.54, 1.807) is 0 Å². The first-order valence-corrected chi connectivity index (χ1v) is 8.96. The van der Waals surface area contributed by atoms with Crippen LogP contribution in [0.4, 0.5) is 0 Å². The second kappa shape index (κ2) is 6.11. The highest BCUT2D eigenvalue weighted by molar-refractivity contribution is 7.17. The normalized spacial score (nSPS) is 12.0. The lowest BCUT2D eigenvalue weighted by molar-refractivity contribution is -0.146. The van der Waals surface area contributed by atoms with E-state index in [4.69, 9.17) is 0 Å². The van der Waals surface area contributed by atoms with Gasteiger partial charge in [0.15, 0.2) is 0 Å². The van der Waals surface area contributed by atoms with Gasteiger partial charge in [0.25, 0.3) is 5.56 Å². The Morgan fingerprint density at radius 2 is 1.88 bits per heavy atom. The van der Waals surface area contributed by atoms with Crippen LogP contribution < -0.4 is 5.56 Å². The lowest BCUT2D eigenvalue weighted by atomic mass is 10.0. The Morgan fingerprint density at radius 3 is 2.44 bits per heavy atom. The number of nitrogens with zero attached hydrogens (tertiary/aromatic N) is 2. The fraction of sp³-hybridized carbons (Fsp3) is 0.316. The zero-order chi connectivity index (χ0) is 18.4. The van der Waals surface area contributed by atoms with Crippen molar-refractivity contribution < 1.29 is 9.90 Å². The molecule has 0 radical (unpaired) electrons. The first-order valence-electron chi connectivity index (χ1n) is 8.08. The zero-order valence-corrected chi connectivity index (χ0v) is 15.4. The van der Waals surface area contributed by atoms with E-state index in [0.717, 1.165) is 11.1 Å². The molecule has 6 heteroatoms. The van der Waals surface area contributed by atoms with Crippen LogP contribution in [0.2, 0.25) is 0 Å². The number of benzene rings is 1. The predicted octanol–water partition coefficient (Wildman–Crippen LogP) is 4.07. The number of aromatic nitrogens is 2. The van der Waals surface area contributed by atoms with Gasteiger partial charge in [-0.25, -0.2) is 9.78 Å². The topological polar surface area (TPSA) is 72.2 Å². The third-order valence-corrected chi connectivity index (χ3v) is 5.19. The summed E-state index contributed by atoms with van der Waals surface area (Å²) in [6.45, 7) is 6.89. The molecule has 1 N–H and O–H groups in total. The molecular weight excluding hydrogens is 336 g/mol. The summed E-state index contributed by atoms with van der Waals surface area (Å²) in [5, 5.41) is 12.0. The number of carboxylic acids is 1. The fourth-order valence-electron chi connectivity index (χ4n) is 2.86. The van der Waals surface area contributed by atoms with Gasteiger partial charge in [-0.2, -0.15) is 0 Å². The molecule has 3 rings (SSSR count). The molecule has 0 aliphatic heterocycles. The largest absolute Gasteiger partial charge is 0.480 e.